The van der Waals surface area contributed by atoms with E-state index in [0.717, 1.165) is 12.1 Å². The Balaban J connectivity index is 2.57. The summed E-state index contributed by atoms with van der Waals surface area (Å²) in [5.41, 5.74) is 2.99. The maximum absolute atomic E-state index is 13.4. The molecule has 1 unspecified atom stereocenters. The Morgan fingerprint density at radius 2 is 1.76 bits per heavy atom. The molecular weight excluding hydrogens is 305 g/mol. The molecule has 0 bridgehead atoms. The van der Waals surface area contributed by atoms with Crippen LogP contribution in [0.1, 0.15) is 17.2 Å². The molecule has 1 atom stereocenters. The largest absolute Gasteiger partial charge is 0.496 e. The molecule has 3 nitrogen and oxygen atoms in total. The highest BCUT2D eigenvalue weighted by Crippen LogP contribution is 2.32. The molecule has 0 heterocycles. The van der Waals surface area contributed by atoms with Crippen molar-refractivity contribution in [3.8, 4) is 5.75 Å². The minimum atomic E-state index is -1.53. The van der Waals surface area contributed by atoms with Crippen molar-refractivity contribution in [2.24, 2.45) is 5.84 Å². The molecule has 2 rings (SSSR count). The summed E-state index contributed by atoms with van der Waals surface area (Å²) in [6.45, 7) is 0. The molecule has 7 heteroatoms. The molecule has 0 saturated carbocycles. The van der Waals surface area contributed by atoms with Crippen LogP contribution in [0.3, 0.4) is 0 Å². The predicted molar refractivity (Wildman–Crippen MR) is 73.5 cm³/mol. The first kappa shape index (κ1) is 15.6. The van der Waals surface area contributed by atoms with Gasteiger partial charge in [0.05, 0.1) is 13.2 Å². The maximum atomic E-state index is 13.4. The van der Waals surface area contributed by atoms with E-state index in [1.54, 1.807) is 18.2 Å². The van der Waals surface area contributed by atoms with Crippen LogP contribution in [0, 0.1) is 17.5 Å². The molecular formula is C14H12ClF3N2O. The molecule has 3 N–H and O–H groups in total. The quantitative estimate of drug-likeness (QED) is 0.517. The zero-order valence-electron chi connectivity index (χ0n) is 11.0. The highest BCUT2D eigenvalue weighted by molar-refractivity contribution is 6.30. The van der Waals surface area contributed by atoms with Crippen molar-refractivity contribution in [3.63, 3.8) is 0 Å². The van der Waals surface area contributed by atoms with Crippen LogP contribution in [0.15, 0.2) is 30.3 Å². The summed E-state index contributed by atoms with van der Waals surface area (Å²) in [6.07, 6.45) is 0. The number of rotatable bonds is 4. The number of nitrogens with one attached hydrogen (secondary N) is 1. The summed E-state index contributed by atoms with van der Waals surface area (Å²) in [5.74, 6) is 1.75. The third kappa shape index (κ3) is 3.12. The van der Waals surface area contributed by atoms with Crippen LogP contribution in [0.5, 0.6) is 5.75 Å². The first-order valence-electron chi connectivity index (χ1n) is 5.92. The molecule has 0 aliphatic carbocycles. The average molecular weight is 317 g/mol. The predicted octanol–water partition coefficient (Wildman–Crippen LogP) is 3.32. The van der Waals surface area contributed by atoms with Gasteiger partial charge in [-0.2, -0.15) is 0 Å². The van der Waals surface area contributed by atoms with Gasteiger partial charge in [-0.15, -0.1) is 0 Å². The second-order valence-corrected chi connectivity index (χ2v) is 4.72. The fourth-order valence-electron chi connectivity index (χ4n) is 2.04. The molecule has 2 aromatic carbocycles. The Bertz CT molecular complexity index is 644. The van der Waals surface area contributed by atoms with Crippen LogP contribution in [0.4, 0.5) is 13.2 Å². The van der Waals surface area contributed by atoms with Gasteiger partial charge in [0.15, 0.2) is 17.5 Å². The van der Waals surface area contributed by atoms with Gasteiger partial charge in [-0.1, -0.05) is 11.6 Å². The minimum Gasteiger partial charge on any atom is -0.496 e. The number of halogens is 4. The van der Waals surface area contributed by atoms with Crippen molar-refractivity contribution in [1.29, 1.82) is 0 Å². The van der Waals surface area contributed by atoms with Gasteiger partial charge in [-0.3, -0.25) is 5.84 Å². The summed E-state index contributed by atoms with van der Waals surface area (Å²) in [6, 6.07) is 5.65. The zero-order valence-corrected chi connectivity index (χ0v) is 11.7. The van der Waals surface area contributed by atoms with Crippen LogP contribution in [-0.2, 0) is 0 Å². The molecule has 0 amide bonds. The van der Waals surface area contributed by atoms with Gasteiger partial charge < -0.3 is 4.74 Å². The van der Waals surface area contributed by atoms with E-state index < -0.39 is 23.5 Å². The van der Waals surface area contributed by atoms with Gasteiger partial charge in [0.1, 0.15) is 5.75 Å². The monoisotopic (exact) mass is 316 g/mol. The number of ether oxygens (including phenoxy) is 1. The molecule has 0 radical (unpaired) electrons. The van der Waals surface area contributed by atoms with E-state index in [4.69, 9.17) is 22.2 Å². The highest BCUT2D eigenvalue weighted by Gasteiger charge is 2.21. The number of hydrogen-bond acceptors (Lipinski definition) is 3. The Hall–Kier alpha value is -1.76. The van der Waals surface area contributed by atoms with Gasteiger partial charge in [0.25, 0.3) is 0 Å². The van der Waals surface area contributed by atoms with Gasteiger partial charge >= 0.3 is 0 Å². The Labute approximate surface area is 124 Å². The van der Waals surface area contributed by atoms with Crippen molar-refractivity contribution >= 4 is 11.6 Å². The van der Waals surface area contributed by atoms with Crippen molar-refractivity contribution in [2.45, 2.75) is 6.04 Å². The van der Waals surface area contributed by atoms with E-state index in [1.807, 2.05) is 0 Å². The summed E-state index contributed by atoms with van der Waals surface area (Å²) in [5, 5.41) is 0.397. The van der Waals surface area contributed by atoms with Crippen molar-refractivity contribution in [2.75, 3.05) is 7.11 Å². The van der Waals surface area contributed by atoms with E-state index in [-0.39, 0.29) is 5.56 Å². The van der Waals surface area contributed by atoms with Crippen molar-refractivity contribution < 1.29 is 17.9 Å². The van der Waals surface area contributed by atoms with Crippen LogP contribution in [0.25, 0.3) is 0 Å². The van der Waals surface area contributed by atoms with E-state index in [2.05, 4.69) is 5.43 Å². The van der Waals surface area contributed by atoms with E-state index in [9.17, 15) is 13.2 Å². The zero-order chi connectivity index (χ0) is 15.6. The fraction of sp³-hybridized carbons (Fsp3) is 0.143. The normalized spacial score (nSPS) is 12.3. The van der Waals surface area contributed by atoms with Gasteiger partial charge in [-0.25, -0.2) is 18.6 Å². The lowest BCUT2D eigenvalue weighted by Gasteiger charge is -2.20. The molecule has 2 aromatic rings. The average Bonchev–Trinajstić information content (AvgIpc) is 2.46. The number of nitrogens with two attached hydrogens (primary N) is 1. The smallest absolute Gasteiger partial charge is 0.194 e. The summed E-state index contributed by atoms with van der Waals surface area (Å²) < 4.78 is 45.0. The second-order valence-electron chi connectivity index (χ2n) is 4.28. The van der Waals surface area contributed by atoms with Crippen molar-refractivity contribution in [3.05, 3.63) is 63.9 Å². The molecule has 112 valence electrons. The first-order valence-corrected chi connectivity index (χ1v) is 6.29. The second kappa shape index (κ2) is 6.34. The Morgan fingerprint density at radius 3 is 2.29 bits per heavy atom. The van der Waals surface area contributed by atoms with Gasteiger partial charge in [0, 0.05) is 10.6 Å². The van der Waals surface area contributed by atoms with Crippen LogP contribution < -0.4 is 16.0 Å². The van der Waals surface area contributed by atoms with Crippen LogP contribution >= 0.6 is 11.6 Å². The van der Waals surface area contributed by atoms with Gasteiger partial charge in [-0.05, 0) is 35.9 Å². The summed E-state index contributed by atoms with van der Waals surface area (Å²) in [7, 11) is 1.44. The van der Waals surface area contributed by atoms with Gasteiger partial charge in [0.2, 0.25) is 0 Å². The van der Waals surface area contributed by atoms with E-state index in [1.165, 1.54) is 7.11 Å². The number of hydrogen-bond donors (Lipinski definition) is 2. The van der Waals surface area contributed by atoms with E-state index >= 15 is 0 Å². The highest BCUT2D eigenvalue weighted by atomic mass is 35.5. The fourth-order valence-corrected chi connectivity index (χ4v) is 2.22. The van der Waals surface area contributed by atoms with Crippen LogP contribution in [0.2, 0.25) is 5.02 Å². The lowest BCUT2D eigenvalue weighted by molar-refractivity contribution is 0.403. The summed E-state index contributed by atoms with van der Waals surface area (Å²) in [4.78, 5) is 0. The third-order valence-corrected chi connectivity index (χ3v) is 3.24. The molecule has 21 heavy (non-hydrogen) atoms. The SMILES string of the molecule is COc1ccc(Cl)cc1C(NN)c1cc(F)c(F)c(F)c1. The standard InChI is InChI=1S/C14H12ClF3N2O/c1-21-12-3-2-8(15)6-9(12)14(20-19)7-4-10(16)13(18)11(17)5-7/h2-6,14,20H,19H2,1H3. The third-order valence-electron chi connectivity index (χ3n) is 3.01. The molecule has 0 saturated heterocycles. The van der Waals surface area contributed by atoms with Crippen molar-refractivity contribution in [1.82, 2.24) is 5.43 Å². The Kier molecular flexibility index (Phi) is 4.72. The molecule has 0 spiro atoms. The summed E-state index contributed by atoms with van der Waals surface area (Å²) >= 11 is 5.92. The maximum Gasteiger partial charge on any atom is 0.194 e. The Morgan fingerprint density at radius 1 is 1.14 bits per heavy atom. The molecule has 0 aromatic heterocycles. The topological polar surface area (TPSA) is 47.3 Å². The molecule has 0 fully saturated rings. The van der Waals surface area contributed by atoms with Crippen LogP contribution in [-0.4, -0.2) is 7.11 Å². The lowest BCUT2D eigenvalue weighted by Crippen LogP contribution is -2.29. The first-order chi connectivity index (χ1) is 9.97. The molecule has 0 aliphatic heterocycles. The number of hydrazine groups is 1. The lowest BCUT2D eigenvalue weighted by atomic mass is 9.98. The number of benzene rings is 2. The number of methoxy groups -OCH3 is 1. The van der Waals surface area contributed by atoms with E-state index in [0.29, 0.717) is 16.3 Å². The molecule has 0 aliphatic rings. The minimum absolute atomic E-state index is 0.106.